The van der Waals surface area contributed by atoms with Crippen LogP contribution in [0.15, 0.2) is 0 Å². The fourth-order valence-corrected chi connectivity index (χ4v) is 0.841. The lowest BCUT2D eigenvalue weighted by atomic mass is 10.0. The molecule has 0 aliphatic heterocycles. The first kappa shape index (κ1) is 12.8. The number of rotatable bonds is 5. The van der Waals surface area contributed by atoms with Crippen molar-refractivity contribution in [3.63, 3.8) is 0 Å². The maximum atomic E-state index is 11.7. The number of hydrogen-bond donors (Lipinski definition) is 1. The third-order valence-electron chi connectivity index (χ3n) is 2.12. The molecular formula is C9H18F3N. The van der Waals surface area contributed by atoms with Gasteiger partial charge in [0.2, 0.25) is 0 Å². The summed E-state index contributed by atoms with van der Waals surface area (Å²) < 4.78 is 35.2. The molecule has 13 heavy (non-hydrogen) atoms. The van der Waals surface area contributed by atoms with Gasteiger partial charge in [0.25, 0.3) is 0 Å². The van der Waals surface area contributed by atoms with Gasteiger partial charge in [-0.05, 0) is 33.2 Å². The molecule has 0 spiro atoms. The summed E-state index contributed by atoms with van der Waals surface area (Å²) >= 11 is 0. The Morgan fingerprint density at radius 1 is 1.15 bits per heavy atom. The summed E-state index contributed by atoms with van der Waals surface area (Å²) in [5.74, 6) is 0. The summed E-state index contributed by atoms with van der Waals surface area (Å²) in [6.45, 7) is 6.41. The predicted molar refractivity (Wildman–Crippen MR) is 47.7 cm³/mol. The second-order valence-corrected chi connectivity index (χ2v) is 3.88. The topological polar surface area (TPSA) is 12.0 Å². The van der Waals surface area contributed by atoms with E-state index in [-0.39, 0.29) is 12.0 Å². The first-order chi connectivity index (χ1) is 5.77. The van der Waals surface area contributed by atoms with Gasteiger partial charge in [0, 0.05) is 12.0 Å². The van der Waals surface area contributed by atoms with Crippen LogP contribution in [0.1, 0.15) is 40.0 Å². The van der Waals surface area contributed by atoms with Crippen LogP contribution in [0, 0.1) is 0 Å². The Morgan fingerprint density at radius 3 is 2.08 bits per heavy atom. The lowest BCUT2D eigenvalue weighted by Crippen LogP contribution is -2.39. The van der Waals surface area contributed by atoms with E-state index < -0.39 is 12.6 Å². The van der Waals surface area contributed by atoms with Crippen LogP contribution in [0.3, 0.4) is 0 Å². The van der Waals surface area contributed by atoms with Crippen molar-refractivity contribution in [1.82, 2.24) is 5.32 Å². The Labute approximate surface area is 77.7 Å². The van der Waals surface area contributed by atoms with E-state index in [1.807, 2.05) is 20.8 Å². The molecule has 0 radical (unpaired) electrons. The highest BCUT2D eigenvalue weighted by atomic mass is 19.4. The van der Waals surface area contributed by atoms with Crippen molar-refractivity contribution in [2.45, 2.75) is 51.7 Å². The largest absolute Gasteiger partial charge is 0.389 e. The molecule has 0 fully saturated rings. The van der Waals surface area contributed by atoms with Gasteiger partial charge in [-0.2, -0.15) is 13.2 Å². The van der Waals surface area contributed by atoms with E-state index in [2.05, 4.69) is 5.32 Å². The van der Waals surface area contributed by atoms with Crippen molar-refractivity contribution in [2.24, 2.45) is 0 Å². The monoisotopic (exact) mass is 197 g/mol. The van der Waals surface area contributed by atoms with Gasteiger partial charge in [0.15, 0.2) is 0 Å². The molecule has 80 valence electrons. The summed E-state index contributed by atoms with van der Waals surface area (Å²) in [6.07, 6.45) is -3.64. The summed E-state index contributed by atoms with van der Waals surface area (Å²) in [7, 11) is 0. The van der Waals surface area contributed by atoms with Gasteiger partial charge in [-0.25, -0.2) is 0 Å². The maximum Gasteiger partial charge on any atom is 0.389 e. The zero-order valence-corrected chi connectivity index (χ0v) is 8.46. The highest BCUT2D eigenvalue weighted by Gasteiger charge is 2.26. The van der Waals surface area contributed by atoms with Crippen molar-refractivity contribution in [3.8, 4) is 0 Å². The molecule has 0 amide bonds. The molecule has 0 aliphatic rings. The fraction of sp³-hybridized carbons (Fsp3) is 1.00. The Morgan fingerprint density at radius 2 is 1.69 bits per heavy atom. The number of hydrogen-bond acceptors (Lipinski definition) is 1. The van der Waals surface area contributed by atoms with Gasteiger partial charge in [-0.15, -0.1) is 0 Å². The Balaban J connectivity index is 3.47. The van der Waals surface area contributed by atoms with Crippen LogP contribution in [0.25, 0.3) is 0 Å². The van der Waals surface area contributed by atoms with Crippen molar-refractivity contribution in [2.75, 3.05) is 6.54 Å². The number of halogens is 3. The molecule has 0 atom stereocenters. The molecule has 0 rings (SSSR count). The summed E-state index contributed by atoms with van der Waals surface area (Å²) in [4.78, 5) is 0. The Hall–Kier alpha value is -0.250. The first-order valence-electron chi connectivity index (χ1n) is 4.58. The normalized spacial score (nSPS) is 13.4. The molecule has 0 unspecified atom stereocenters. The van der Waals surface area contributed by atoms with Gasteiger partial charge in [-0.3, -0.25) is 0 Å². The van der Waals surface area contributed by atoms with Crippen LogP contribution in [0.4, 0.5) is 13.2 Å². The van der Waals surface area contributed by atoms with Crippen LogP contribution in [-0.4, -0.2) is 18.3 Å². The molecule has 0 aromatic rings. The SMILES string of the molecule is CCC(C)(C)NCCCC(F)(F)F. The number of alkyl halides is 3. The van der Waals surface area contributed by atoms with Crippen molar-refractivity contribution < 1.29 is 13.2 Å². The van der Waals surface area contributed by atoms with Crippen LogP contribution < -0.4 is 5.32 Å². The van der Waals surface area contributed by atoms with Crippen molar-refractivity contribution >= 4 is 0 Å². The predicted octanol–water partition coefficient (Wildman–Crippen LogP) is 3.11. The average molecular weight is 197 g/mol. The molecule has 0 aromatic heterocycles. The van der Waals surface area contributed by atoms with Crippen LogP contribution >= 0.6 is 0 Å². The molecule has 0 saturated heterocycles. The van der Waals surface area contributed by atoms with E-state index >= 15 is 0 Å². The molecule has 0 bridgehead atoms. The Kier molecular flexibility index (Phi) is 4.75. The van der Waals surface area contributed by atoms with Gasteiger partial charge < -0.3 is 5.32 Å². The van der Waals surface area contributed by atoms with Gasteiger partial charge in [-0.1, -0.05) is 6.92 Å². The molecular weight excluding hydrogens is 179 g/mol. The lowest BCUT2D eigenvalue weighted by molar-refractivity contribution is -0.135. The third kappa shape index (κ3) is 8.09. The van der Waals surface area contributed by atoms with Crippen molar-refractivity contribution in [1.29, 1.82) is 0 Å². The molecule has 0 aromatic carbocycles. The van der Waals surface area contributed by atoms with E-state index in [1.54, 1.807) is 0 Å². The molecule has 4 heteroatoms. The van der Waals surface area contributed by atoms with E-state index in [0.717, 1.165) is 6.42 Å². The Bertz CT molecular complexity index is 140. The van der Waals surface area contributed by atoms with E-state index in [9.17, 15) is 13.2 Å². The summed E-state index contributed by atoms with van der Waals surface area (Å²) in [5.41, 5.74) is -0.0500. The summed E-state index contributed by atoms with van der Waals surface area (Å²) in [6, 6.07) is 0. The zero-order valence-electron chi connectivity index (χ0n) is 8.46. The molecule has 1 nitrogen and oxygen atoms in total. The lowest BCUT2D eigenvalue weighted by Gasteiger charge is -2.24. The quantitative estimate of drug-likeness (QED) is 0.668. The second kappa shape index (κ2) is 4.84. The van der Waals surface area contributed by atoms with E-state index in [1.165, 1.54) is 0 Å². The van der Waals surface area contributed by atoms with E-state index in [4.69, 9.17) is 0 Å². The number of nitrogens with one attached hydrogen (secondary N) is 1. The summed E-state index contributed by atoms with van der Waals surface area (Å²) in [5, 5.41) is 3.08. The maximum absolute atomic E-state index is 11.7. The van der Waals surface area contributed by atoms with Gasteiger partial charge >= 0.3 is 6.18 Å². The highest BCUT2D eigenvalue weighted by Crippen LogP contribution is 2.21. The minimum absolute atomic E-state index is 0.0500. The molecule has 0 aliphatic carbocycles. The fourth-order valence-electron chi connectivity index (χ4n) is 0.841. The van der Waals surface area contributed by atoms with Crippen molar-refractivity contribution in [3.05, 3.63) is 0 Å². The molecule has 0 saturated carbocycles. The zero-order chi connectivity index (χ0) is 10.5. The standard InChI is InChI=1S/C9H18F3N/c1-4-8(2,3)13-7-5-6-9(10,11)12/h13H,4-7H2,1-3H3. The highest BCUT2D eigenvalue weighted by molar-refractivity contribution is 4.74. The molecule has 0 heterocycles. The second-order valence-electron chi connectivity index (χ2n) is 3.88. The van der Waals surface area contributed by atoms with E-state index in [0.29, 0.717) is 6.54 Å². The van der Waals surface area contributed by atoms with Crippen LogP contribution in [-0.2, 0) is 0 Å². The van der Waals surface area contributed by atoms with Gasteiger partial charge in [0.05, 0.1) is 0 Å². The first-order valence-corrected chi connectivity index (χ1v) is 4.58. The molecule has 1 N–H and O–H groups in total. The smallest absolute Gasteiger partial charge is 0.312 e. The average Bonchev–Trinajstić information content (AvgIpc) is 1.97. The van der Waals surface area contributed by atoms with Crippen LogP contribution in [0.2, 0.25) is 0 Å². The van der Waals surface area contributed by atoms with Crippen LogP contribution in [0.5, 0.6) is 0 Å². The minimum atomic E-state index is -4.02. The minimum Gasteiger partial charge on any atom is -0.312 e. The van der Waals surface area contributed by atoms with Gasteiger partial charge in [0.1, 0.15) is 0 Å². The third-order valence-corrected chi connectivity index (χ3v) is 2.12.